The van der Waals surface area contributed by atoms with Gasteiger partial charge in [-0.3, -0.25) is 0 Å². The second-order valence-corrected chi connectivity index (χ2v) is 10.8. The number of aliphatic carboxylic acids is 2. The first-order chi connectivity index (χ1) is 20.4. The molecule has 0 aromatic rings. The highest BCUT2D eigenvalue weighted by Crippen LogP contribution is 2.36. The smallest absolute Gasteiger partial charge is 0.364 e. The number of hydrogen-bond acceptors (Lipinski definition) is 19. The Balaban J connectivity index is 1.99. The lowest BCUT2D eigenvalue weighted by molar-refractivity contribution is -0.367. The Morgan fingerprint density at radius 1 is 0.727 bits per heavy atom. The van der Waals surface area contributed by atoms with Crippen LogP contribution in [-0.2, 0) is 33.3 Å². The number of carboxylic acid groups (broad SMARTS) is 2. The zero-order valence-electron chi connectivity index (χ0n) is 22.7. The molecule has 0 unspecified atom stereocenters. The maximum absolute atomic E-state index is 12.3. The van der Waals surface area contributed by atoms with Crippen LogP contribution in [0.25, 0.3) is 0 Å². The van der Waals surface area contributed by atoms with Gasteiger partial charge < -0.3 is 95.2 Å². The van der Waals surface area contributed by atoms with Gasteiger partial charge in [0.2, 0.25) is 0 Å². The third-order valence-electron chi connectivity index (χ3n) is 7.64. The van der Waals surface area contributed by atoms with Crippen molar-refractivity contribution >= 4 is 11.9 Å². The summed E-state index contributed by atoms with van der Waals surface area (Å²) in [6.07, 6.45) is -30.4. The van der Waals surface area contributed by atoms with Crippen molar-refractivity contribution in [2.45, 2.75) is 110 Å². The van der Waals surface area contributed by atoms with Gasteiger partial charge in [-0.05, 0) is 0 Å². The first-order valence-electron chi connectivity index (χ1n) is 13.3. The number of carbonyl (C=O) groups is 2. The number of rotatable bonds is 12. The molecule has 0 spiro atoms. The van der Waals surface area contributed by atoms with Gasteiger partial charge in [-0.25, -0.2) is 9.59 Å². The van der Waals surface area contributed by atoms with E-state index < -0.39 is 142 Å². The Morgan fingerprint density at radius 3 is 1.82 bits per heavy atom. The highest BCUT2D eigenvalue weighted by molar-refractivity contribution is 5.76. The summed E-state index contributed by atoms with van der Waals surface area (Å²) in [6, 6.07) is 0. The third kappa shape index (κ3) is 7.29. The SMILES string of the molecule is O=C(O)[C@@]1(OC[C@@H](O[C@H]2O[C@H]([C@@H](O)CO)[C@@H](O)[C@H](O)[C@@H]2O)[C@H]2O[C@](O)(C(=O)O)C[C@@H](O)[C@H]2O)C[C@@H](O)[C@@H](O)[C@@H]([C@H](O)CO)O1. The van der Waals surface area contributed by atoms with E-state index in [4.69, 9.17) is 23.7 Å². The lowest BCUT2D eigenvalue weighted by atomic mass is 9.91. The van der Waals surface area contributed by atoms with E-state index >= 15 is 0 Å². The number of hydrogen-bond donors (Lipinski definition) is 14. The summed E-state index contributed by atoms with van der Waals surface area (Å²) in [7, 11) is 0. The van der Waals surface area contributed by atoms with E-state index in [-0.39, 0.29) is 0 Å². The van der Waals surface area contributed by atoms with Crippen LogP contribution < -0.4 is 0 Å². The van der Waals surface area contributed by atoms with Gasteiger partial charge in [-0.15, -0.1) is 0 Å². The molecule has 0 aromatic heterocycles. The minimum Gasteiger partial charge on any atom is -0.477 e. The van der Waals surface area contributed by atoms with Crippen LogP contribution in [-0.4, -0.2) is 200 Å². The van der Waals surface area contributed by atoms with Gasteiger partial charge in [0.25, 0.3) is 11.6 Å². The molecule has 0 radical (unpaired) electrons. The van der Waals surface area contributed by atoms with E-state index in [2.05, 4.69) is 0 Å². The topological polar surface area (TPSA) is 364 Å². The number of ether oxygens (including phenoxy) is 5. The molecular weight excluding hydrogens is 612 g/mol. The van der Waals surface area contributed by atoms with Crippen LogP contribution in [0.15, 0.2) is 0 Å². The summed E-state index contributed by atoms with van der Waals surface area (Å²) in [5.41, 5.74) is 0. The van der Waals surface area contributed by atoms with Gasteiger partial charge in [0.15, 0.2) is 6.29 Å². The van der Waals surface area contributed by atoms with E-state index in [0.29, 0.717) is 0 Å². The summed E-state index contributed by atoms with van der Waals surface area (Å²) in [5.74, 6) is -10.1. The van der Waals surface area contributed by atoms with Crippen molar-refractivity contribution in [1.29, 1.82) is 0 Å². The van der Waals surface area contributed by atoms with Crippen molar-refractivity contribution in [3.63, 3.8) is 0 Å². The monoisotopic (exact) mass is 650 g/mol. The fraction of sp³-hybridized carbons (Fsp3) is 0.913. The molecule has 0 bridgehead atoms. The molecule has 14 N–H and O–H groups in total. The van der Waals surface area contributed by atoms with Crippen molar-refractivity contribution < 1.29 is 105 Å². The van der Waals surface area contributed by atoms with Crippen LogP contribution in [0.3, 0.4) is 0 Å². The lowest BCUT2D eigenvalue weighted by Crippen LogP contribution is -2.66. The van der Waals surface area contributed by atoms with Crippen LogP contribution in [0.2, 0.25) is 0 Å². The van der Waals surface area contributed by atoms with Crippen molar-refractivity contribution in [1.82, 2.24) is 0 Å². The number of carboxylic acids is 2. The number of aliphatic hydroxyl groups is 12. The van der Waals surface area contributed by atoms with Crippen molar-refractivity contribution in [3.05, 3.63) is 0 Å². The van der Waals surface area contributed by atoms with Crippen LogP contribution >= 0.6 is 0 Å². The summed E-state index contributed by atoms with van der Waals surface area (Å²) in [5, 5.41) is 141. The molecule has 3 aliphatic heterocycles. The zero-order chi connectivity index (χ0) is 33.3. The van der Waals surface area contributed by atoms with E-state index in [1.54, 1.807) is 0 Å². The summed E-state index contributed by atoms with van der Waals surface area (Å²) < 4.78 is 26.5. The van der Waals surface area contributed by atoms with E-state index in [0.717, 1.165) is 0 Å². The minimum atomic E-state index is -3.18. The van der Waals surface area contributed by atoms with Crippen molar-refractivity contribution in [3.8, 4) is 0 Å². The van der Waals surface area contributed by atoms with Crippen LogP contribution in [0.5, 0.6) is 0 Å². The number of aliphatic hydroxyl groups excluding tert-OH is 11. The Bertz CT molecular complexity index is 986. The summed E-state index contributed by atoms with van der Waals surface area (Å²) in [6.45, 7) is -3.30. The molecular formula is C23H38O21. The van der Waals surface area contributed by atoms with E-state index in [1.807, 2.05) is 0 Å². The van der Waals surface area contributed by atoms with Gasteiger partial charge in [-0.2, -0.15) is 0 Å². The summed E-state index contributed by atoms with van der Waals surface area (Å²) in [4.78, 5) is 24.0. The van der Waals surface area contributed by atoms with Crippen LogP contribution in [0, 0.1) is 0 Å². The van der Waals surface area contributed by atoms with Crippen molar-refractivity contribution in [2.75, 3.05) is 19.8 Å². The average molecular weight is 651 g/mol. The quantitative estimate of drug-likeness (QED) is 0.0932. The molecule has 3 fully saturated rings. The second kappa shape index (κ2) is 14.4. The Morgan fingerprint density at radius 2 is 1.27 bits per heavy atom. The minimum absolute atomic E-state index is 1.01. The molecule has 0 saturated carbocycles. The normalized spacial score (nSPS) is 45.3. The fourth-order valence-corrected chi connectivity index (χ4v) is 5.06. The average Bonchev–Trinajstić information content (AvgIpc) is 2.97. The molecule has 21 nitrogen and oxygen atoms in total. The zero-order valence-corrected chi connectivity index (χ0v) is 22.7. The second-order valence-electron chi connectivity index (χ2n) is 10.8. The van der Waals surface area contributed by atoms with E-state index in [1.165, 1.54) is 0 Å². The first-order valence-corrected chi connectivity index (χ1v) is 13.3. The summed E-state index contributed by atoms with van der Waals surface area (Å²) >= 11 is 0. The van der Waals surface area contributed by atoms with Gasteiger partial charge in [-0.1, -0.05) is 0 Å². The van der Waals surface area contributed by atoms with Crippen molar-refractivity contribution in [2.24, 2.45) is 0 Å². The molecule has 3 rings (SSSR count). The maximum atomic E-state index is 12.3. The molecule has 0 amide bonds. The standard InChI is InChI=1S/C23H38O21/c24-3-8(28)16-14(33)13(32)15(34)19(42-16)41-10(18-12(31)6(26)1-22(39,43-18)20(35)36)5-40-23(21(37)38)2-7(27)11(30)17(44-23)9(29)4-25/h6-19,24-34,39H,1-5H2,(H,35,36)(H,37,38)/t6-,7-,8+,9-,10-,11-,12-,13+,14+,15+,16-,17-,18-,19+,22+,23-/m1/s1. The van der Waals surface area contributed by atoms with Gasteiger partial charge in [0.05, 0.1) is 32.0 Å². The van der Waals surface area contributed by atoms with Gasteiger partial charge in [0, 0.05) is 12.8 Å². The first kappa shape index (κ1) is 36.7. The molecule has 44 heavy (non-hydrogen) atoms. The molecule has 3 aliphatic rings. The molecule has 3 heterocycles. The maximum Gasteiger partial charge on any atom is 0.364 e. The lowest BCUT2D eigenvalue weighted by Gasteiger charge is -2.47. The Hall–Kier alpha value is -1.74. The molecule has 16 atom stereocenters. The predicted octanol–water partition coefficient (Wildman–Crippen LogP) is -8.52. The molecule has 256 valence electrons. The van der Waals surface area contributed by atoms with Crippen LogP contribution in [0.4, 0.5) is 0 Å². The third-order valence-corrected chi connectivity index (χ3v) is 7.64. The molecule has 0 aromatic carbocycles. The molecule has 3 saturated heterocycles. The van der Waals surface area contributed by atoms with Gasteiger partial charge >= 0.3 is 11.9 Å². The fourth-order valence-electron chi connectivity index (χ4n) is 5.06. The largest absolute Gasteiger partial charge is 0.477 e. The van der Waals surface area contributed by atoms with E-state index in [9.17, 15) is 81.1 Å². The van der Waals surface area contributed by atoms with Crippen LogP contribution in [0.1, 0.15) is 12.8 Å². The molecule has 0 aliphatic carbocycles. The molecule has 21 heteroatoms. The highest BCUT2D eigenvalue weighted by Gasteiger charge is 2.58. The highest BCUT2D eigenvalue weighted by atomic mass is 16.8. The predicted molar refractivity (Wildman–Crippen MR) is 130 cm³/mol. The Labute approximate surface area is 247 Å². The Kier molecular flexibility index (Phi) is 12.0. The van der Waals surface area contributed by atoms with Gasteiger partial charge in [0.1, 0.15) is 67.1 Å².